The molecule has 0 heterocycles. The van der Waals surface area contributed by atoms with Crippen LogP contribution in [0.3, 0.4) is 0 Å². The van der Waals surface area contributed by atoms with E-state index in [1.807, 2.05) is 6.07 Å². The van der Waals surface area contributed by atoms with E-state index in [1.165, 1.54) is 5.56 Å². The summed E-state index contributed by atoms with van der Waals surface area (Å²) in [6.07, 6.45) is 1.68. The van der Waals surface area contributed by atoms with E-state index >= 15 is 0 Å². The second-order valence-electron chi connectivity index (χ2n) is 4.51. The molecule has 2 N–H and O–H groups in total. The Bertz CT molecular complexity index is 359. The van der Waals surface area contributed by atoms with Crippen molar-refractivity contribution in [1.82, 2.24) is 5.32 Å². The fourth-order valence-electron chi connectivity index (χ4n) is 2.07. The lowest BCUT2D eigenvalue weighted by atomic mass is 9.89. The molecule has 0 saturated heterocycles. The Morgan fingerprint density at radius 1 is 1.44 bits per heavy atom. The van der Waals surface area contributed by atoms with Crippen LogP contribution in [0.1, 0.15) is 24.0 Å². The third kappa shape index (κ3) is 2.54. The van der Waals surface area contributed by atoms with Gasteiger partial charge in [-0.25, -0.2) is 0 Å². The van der Waals surface area contributed by atoms with Crippen molar-refractivity contribution < 1.29 is 9.84 Å². The second-order valence-corrected chi connectivity index (χ2v) is 4.51. The van der Waals surface area contributed by atoms with Crippen molar-refractivity contribution in [2.24, 2.45) is 0 Å². The normalized spacial score (nSPS) is 23.9. The Kier molecular flexibility index (Phi) is 3.46. The van der Waals surface area contributed by atoms with Crippen molar-refractivity contribution in [1.29, 1.82) is 0 Å². The highest BCUT2D eigenvalue weighted by Crippen LogP contribution is 2.21. The molecule has 0 unspecified atom stereocenters. The Hall–Kier alpha value is -1.06. The molecule has 1 aromatic rings. The second kappa shape index (κ2) is 4.85. The van der Waals surface area contributed by atoms with E-state index in [-0.39, 0.29) is 6.10 Å². The number of aliphatic hydroxyl groups is 1. The molecule has 0 aromatic heterocycles. The summed E-state index contributed by atoms with van der Waals surface area (Å²) in [5.74, 6) is 0.933. The highest BCUT2D eigenvalue weighted by molar-refractivity contribution is 5.36. The van der Waals surface area contributed by atoms with E-state index in [0.29, 0.717) is 6.04 Å². The minimum atomic E-state index is -0.0879. The molecule has 16 heavy (non-hydrogen) atoms. The van der Waals surface area contributed by atoms with Crippen LogP contribution >= 0.6 is 0 Å². The van der Waals surface area contributed by atoms with Crippen molar-refractivity contribution in [2.75, 3.05) is 7.11 Å². The molecule has 1 fully saturated rings. The van der Waals surface area contributed by atoms with Gasteiger partial charge in [-0.2, -0.15) is 0 Å². The lowest BCUT2D eigenvalue weighted by Gasteiger charge is -2.32. The topological polar surface area (TPSA) is 41.5 Å². The average molecular weight is 221 g/mol. The van der Waals surface area contributed by atoms with Crippen molar-refractivity contribution in [3.8, 4) is 5.75 Å². The van der Waals surface area contributed by atoms with Gasteiger partial charge in [-0.3, -0.25) is 0 Å². The lowest BCUT2D eigenvalue weighted by molar-refractivity contribution is 0.0619. The van der Waals surface area contributed by atoms with Crippen LogP contribution in [0.15, 0.2) is 18.2 Å². The first kappa shape index (κ1) is 11.4. The van der Waals surface area contributed by atoms with Gasteiger partial charge in [0.05, 0.1) is 13.2 Å². The first-order chi connectivity index (χ1) is 7.69. The van der Waals surface area contributed by atoms with Gasteiger partial charge in [0.2, 0.25) is 0 Å². The van der Waals surface area contributed by atoms with Gasteiger partial charge in [0.25, 0.3) is 0 Å². The molecule has 0 radical (unpaired) electrons. The number of benzene rings is 1. The number of hydrogen-bond donors (Lipinski definition) is 2. The van der Waals surface area contributed by atoms with E-state index in [0.717, 1.165) is 30.7 Å². The van der Waals surface area contributed by atoms with Crippen molar-refractivity contribution >= 4 is 0 Å². The highest BCUT2D eigenvalue weighted by Gasteiger charge is 2.26. The number of methoxy groups -OCH3 is 1. The summed E-state index contributed by atoms with van der Waals surface area (Å²) in [6.45, 7) is 2.91. The Labute approximate surface area is 96.4 Å². The van der Waals surface area contributed by atoms with Crippen molar-refractivity contribution in [3.05, 3.63) is 29.3 Å². The van der Waals surface area contributed by atoms with Crippen molar-refractivity contribution in [3.63, 3.8) is 0 Å². The van der Waals surface area contributed by atoms with Gasteiger partial charge in [-0.1, -0.05) is 12.1 Å². The Morgan fingerprint density at radius 2 is 2.19 bits per heavy atom. The maximum atomic E-state index is 9.17. The number of aliphatic hydroxyl groups excluding tert-OH is 1. The molecule has 88 valence electrons. The summed E-state index contributed by atoms with van der Waals surface area (Å²) in [5.41, 5.74) is 2.43. The van der Waals surface area contributed by atoms with Crippen LogP contribution in [0.2, 0.25) is 0 Å². The van der Waals surface area contributed by atoms with Gasteiger partial charge in [0.15, 0.2) is 0 Å². The number of hydrogen-bond acceptors (Lipinski definition) is 3. The SMILES string of the molecule is COc1ccc(CNC2CC(O)C2)cc1C. The van der Waals surface area contributed by atoms with Gasteiger partial charge < -0.3 is 15.2 Å². The molecule has 3 heteroatoms. The van der Waals surface area contributed by atoms with Gasteiger partial charge in [-0.05, 0) is 37.0 Å². The number of nitrogens with one attached hydrogen (secondary N) is 1. The van der Waals surface area contributed by atoms with Crippen molar-refractivity contribution in [2.45, 2.75) is 38.5 Å². The molecule has 0 aliphatic heterocycles. The first-order valence-electron chi connectivity index (χ1n) is 5.74. The summed E-state index contributed by atoms with van der Waals surface area (Å²) in [7, 11) is 1.69. The van der Waals surface area contributed by atoms with Gasteiger partial charge >= 0.3 is 0 Å². The zero-order valence-electron chi connectivity index (χ0n) is 9.86. The summed E-state index contributed by atoms with van der Waals surface area (Å²) in [4.78, 5) is 0. The van der Waals surface area contributed by atoms with Crippen LogP contribution in [0.4, 0.5) is 0 Å². The lowest BCUT2D eigenvalue weighted by Crippen LogP contribution is -2.43. The summed E-state index contributed by atoms with van der Waals surface area (Å²) in [5, 5.41) is 12.6. The predicted octanol–water partition coefficient (Wildman–Crippen LogP) is 1.62. The molecule has 2 rings (SSSR count). The average Bonchev–Trinajstić information content (AvgIpc) is 2.23. The highest BCUT2D eigenvalue weighted by atomic mass is 16.5. The smallest absolute Gasteiger partial charge is 0.121 e. The largest absolute Gasteiger partial charge is 0.496 e. The van der Waals surface area contributed by atoms with Crippen LogP contribution in [0.5, 0.6) is 5.75 Å². The molecule has 0 atom stereocenters. The zero-order valence-corrected chi connectivity index (χ0v) is 9.86. The molecular weight excluding hydrogens is 202 g/mol. The fourth-order valence-corrected chi connectivity index (χ4v) is 2.07. The van der Waals surface area contributed by atoms with E-state index in [2.05, 4.69) is 24.4 Å². The van der Waals surface area contributed by atoms with E-state index < -0.39 is 0 Å². The van der Waals surface area contributed by atoms with Gasteiger partial charge in [0.1, 0.15) is 5.75 Å². The maximum Gasteiger partial charge on any atom is 0.121 e. The van der Waals surface area contributed by atoms with Crippen LogP contribution in [0.25, 0.3) is 0 Å². The molecule has 3 nitrogen and oxygen atoms in total. The molecule has 0 bridgehead atoms. The standard InChI is InChI=1S/C13H19NO2/c1-9-5-10(3-4-13(9)16-2)8-14-11-6-12(15)7-11/h3-5,11-12,14-15H,6-8H2,1-2H3. The number of rotatable bonds is 4. The molecule has 1 saturated carbocycles. The summed E-state index contributed by atoms with van der Waals surface area (Å²) in [6, 6.07) is 6.70. The predicted molar refractivity (Wildman–Crippen MR) is 63.6 cm³/mol. The van der Waals surface area contributed by atoms with Gasteiger partial charge in [-0.15, -0.1) is 0 Å². The monoisotopic (exact) mass is 221 g/mol. The summed E-state index contributed by atoms with van der Waals surface area (Å²) < 4.78 is 5.22. The third-order valence-electron chi connectivity index (χ3n) is 3.17. The molecule has 1 aromatic carbocycles. The number of ether oxygens (including phenoxy) is 1. The molecule has 0 spiro atoms. The molecule has 1 aliphatic carbocycles. The van der Waals surface area contributed by atoms with E-state index in [1.54, 1.807) is 7.11 Å². The van der Waals surface area contributed by atoms with Crippen LogP contribution < -0.4 is 10.1 Å². The van der Waals surface area contributed by atoms with Crippen LogP contribution in [-0.4, -0.2) is 24.4 Å². The first-order valence-corrected chi connectivity index (χ1v) is 5.74. The van der Waals surface area contributed by atoms with Crippen LogP contribution in [0, 0.1) is 6.92 Å². The minimum Gasteiger partial charge on any atom is -0.496 e. The maximum absolute atomic E-state index is 9.17. The zero-order chi connectivity index (χ0) is 11.5. The Balaban J connectivity index is 1.87. The van der Waals surface area contributed by atoms with E-state index in [9.17, 15) is 5.11 Å². The molecular formula is C13H19NO2. The molecule has 0 amide bonds. The third-order valence-corrected chi connectivity index (χ3v) is 3.17. The van der Waals surface area contributed by atoms with E-state index in [4.69, 9.17) is 4.74 Å². The molecule has 1 aliphatic rings. The van der Waals surface area contributed by atoms with Gasteiger partial charge in [0, 0.05) is 12.6 Å². The van der Waals surface area contributed by atoms with Crippen LogP contribution in [-0.2, 0) is 6.54 Å². The number of aryl methyl sites for hydroxylation is 1. The quantitative estimate of drug-likeness (QED) is 0.811. The summed E-state index contributed by atoms with van der Waals surface area (Å²) >= 11 is 0. The fraction of sp³-hybridized carbons (Fsp3) is 0.538. The minimum absolute atomic E-state index is 0.0879. The Morgan fingerprint density at radius 3 is 2.75 bits per heavy atom.